The molecule has 0 saturated carbocycles. The third kappa shape index (κ3) is 2.70. The van der Waals surface area contributed by atoms with Crippen molar-refractivity contribution >= 4 is 11.0 Å². The van der Waals surface area contributed by atoms with E-state index >= 15 is 0 Å². The Bertz CT molecular complexity index is 1010. The van der Waals surface area contributed by atoms with Crippen molar-refractivity contribution in [2.24, 2.45) is 0 Å². The van der Waals surface area contributed by atoms with Crippen molar-refractivity contribution in [3.8, 4) is 5.75 Å². The maximum atomic E-state index is 12.0. The SMILES string of the molecule is Cc1c(C)c2cc3c(c(C)c2oc1=O)OC[NH+](Cc1cccnc1)C3. The Morgan fingerprint density at radius 1 is 1.20 bits per heavy atom. The number of hydrogen-bond acceptors (Lipinski definition) is 4. The first-order valence-electron chi connectivity index (χ1n) is 8.46. The maximum Gasteiger partial charge on any atom is 0.339 e. The summed E-state index contributed by atoms with van der Waals surface area (Å²) in [5.41, 5.74) is 5.29. The number of benzene rings is 1. The van der Waals surface area contributed by atoms with Gasteiger partial charge in [-0.15, -0.1) is 0 Å². The van der Waals surface area contributed by atoms with Crippen LogP contribution in [0, 0.1) is 20.8 Å². The van der Waals surface area contributed by atoms with E-state index in [4.69, 9.17) is 9.15 Å². The van der Waals surface area contributed by atoms with E-state index in [1.807, 2.05) is 33.0 Å². The summed E-state index contributed by atoms with van der Waals surface area (Å²) in [7, 11) is 0. The summed E-state index contributed by atoms with van der Waals surface area (Å²) >= 11 is 0. The highest BCUT2D eigenvalue weighted by molar-refractivity contribution is 5.86. The zero-order valence-corrected chi connectivity index (χ0v) is 14.7. The van der Waals surface area contributed by atoms with Crippen LogP contribution in [0.5, 0.6) is 5.75 Å². The minimum Gasteiger partial charge on any atom is -0.444 e. The molecule has 0 saturated heterocycles. The Morgan fingerprint density at radius 3 is 2.80 bits per heavy atom. The lowest BCUT2D eigenvalue weighted by atomic mass is 9.99. The molecule has 0 fully saturated rings. The van der Waals surface area contributed by atoms with E-state index in [0.29, 0.717) is 17.9 Å². The van der Waals surface area contributed by atoms with Gasteiger partial charge in [-0.2, -0.15) is 0 Å². The number of rotatable bonds is 2. The monoisotopic (exact) mass is 337 g/mol. The van der Waals surface area contributed by atoms with Gasteiger partial charge in [-0.25, -0.2) is 4.79 Å². The smallest absolute Gasteiger partial charge is 0.339 e. The van der Waals surface area contributed by atoms with Crippen LogP contribution in [0.4, 0.5) is 0 Å². The Hall–Kier alpha value is -2.66. The largest absolute Gasteiger partial charge is 0.444 e. The van der Waals surface area contributed by atoms with Gasteiger partial charge in [0.15, 0.2) is 0 Å². The number of nitrogens with zero attached hydrogens (tertiary/aromatic N) is 1. The molecule has 2 aromatic heterocycles. The van der Waals surface area contributed by atoms with E-state index in [1.165, 1.54) is 10.5 Å². The second kappa shape index (κ2) is 6.01. The van der Waals surface area contributed by atoms with Gasteiger partial charge in [-0.05, 0) is 38.5 Å². The highest BCUT2D eigenvalue weighted by atomic mass is 16.5. The van der Waals surface area contributed by atoms with Crippen LogP contribution in [0.3, 0.4) is 0 Å². The molecule has 1 unspecified atom stereocenters. The molecule has 128 valence electrons. The Kier molecular flexibility index (Phi) is 3.81. The molecule has 0 bridgehead atoms. The second-order valence-electron chi connectivity index (χ2n) is 6.76. The number of aromatic nitrogens is 1. The van der Waals surface area contributed by atoms with Crippen LogP contribution in [0.15, 0.2) is 39.8 Å². The fraction of sp³-hybridized carbons (Fsp3) is 0.300. The van der Waals surface area contributed by atoms with Gasteiger partial charge in [0.2, 0.25) is 6.73 Å². The average molecular weight is 337 g/mol. The number of aryl methyl sites for hydroxylation is 2. The van der Waals surface area contributed by atoms with Gasteiger partial charge in [0.1, 0.15) is 24.4 Å². The summed E-state index contributed by atoms with van der Waals surface area (Å²) in [6.07, 6.45) is 3.69. The predicted octanol–water partition coefficient (Wildman–Crippen LogP) is 2.05. The predicted molar refractivity (Wildman–Crippen MR) is 94.8 cm³/mol. The minimum atomic E-state index is -0.271. The molecule has 0 radical (unpaired) electrons. The summed E-state index contributed by atoms with van der Waals surface area (Å²) in [5, 5.41) is 1.000. The third-order valence-corrected chi connectivity index (χ3v) is 5.04. The van der Waals surface area contributed by atoms with Crippen molar-refractivity contribution in [3.63, 3.8) is 0 Å². The van der Waals surface area contributed by atoms with Crippen molar-refractivity contribution in [2.45, 2.75) is 33.9 Å². The van der Waals surface area contributed by atoms with Gasteiger partial charge < -0.3 is 9.15 Å². The lowest BCUT2D eigenvalue weighted by Crippen LogP contribution is -3.10. The Labute approximate surface area is 145 Å². The second-order valence-corrected chi connectivity index (χ2v) is 6.76. The number of quaternary nitrogens is 1. The summed E-state index contributed by atoms with van der Waals surface area (Å²) in [6, 6.07) is 6.16. The first-order valence-corrected chi connectivity index (χ1v) is 8.46. The fourth-order valence-electron chi connectivity index (χ4n) is 3.52. The lowest BCUT2D eigenvalue weighted by Gasteiger charge is -2.27. The molecule has 1 aliphatic rings. The van der Waals surface area contributed by atoms with Crippen LogP contribution in [0.2, 0.25) is 0 Å². The molecule has 5 heteroatoms. The van der Waals surface area contributed by atoms with Crippen LogP contribution in [-0.4, -0.2) is 11.7 Å². The number of pyridine rings is 1. The molecule has 1 N–H and O–H groups in total. The van der Waals surface area contributed by atoms with E-state index in [1.54, 1.807) is 6.20 Å². The molecule has 3 heterocycles. The molecule has 4 rings (SSSR count). The van der Waals surface area contributed by atoms with Crippen LogP contribution < -0.4 is 15.3 Å². The van der Waals surface area contributed by atoms with E-state index in [2.05, 4.69) is 17.1 Å². The molecule has 1 aromatic carbocycles. The van der Waals surface area contributed by atoms with E-state index in [-0.39, 0.29) is 5.63 Å². The number of fused-ring (bicyclic) bond motifs is 2. The standard InChI is InChI=1S/C20H20N2O3/c1-12-13(2)20(23)25-19-14(3)18-16(7-17(12)19)10-22(11-24-18)9-15-5-4-6-21-8-15/h4-8H,9-11H2,1-3H3/p+1. The lowest BCUT2D eigenvalue weighted by molar-refractivity contribution is -0.945. The summed E-state index contributed by atoms with van der Waals surface area (Å²) in [4.78, 5) is 17.5. The first kappa shape index (κ1) is 15.8. The van der Waals surface area contributed by atoms with Crippen LogP contribution in [0.1, 0.15) is 27.8 Å². The Balaban J connectivity index is 1.75. The average Bonchev–Trinajstić information content (AvgIpc) is 2.62. The fourth-order valence-corrected chi connectivity index (χ4v) is 3.52. The summed E-state index contributed by atoms with van der Waals surface area (Å²) in [6.45, 7) is 8.08. The third-order valence-electron chi connectivity index (χ3n) is 5.04. The highest BCUT2D eigenvalue weighted by Crippen LogP contribution is 2.33. The normalized spacial score (nSPS) is 16.5. The molecule has 5 nitrogen and oxygen atoms in total. The zero-order chi connectivity index (χ0) is 17.6. The molecular formula is C20H21N2O3+. The zero-order valence-electron chi connectivity index (χ0n) is 14.7. The topological polar surface area (TPSA) is 56.8 Å². The van der Waals surface area contributed by atoms with Crippen LogP contribution in [-0.2, 0) is 13.1 Å². The van der Waals surface area contributed by atoms with Gasteiger partial charge in [0.05, 0.1) is 0 Å². The van der Waals surface area contributed by atoms with Crippen molar-refractivity contribution in [1.29, 1.82) is 0 Å². The van der Waals surface area contributed by atoms with Gasteiger partial charge in [-0.3, -0.25) is 9.88 Å². The highest BCUT2D eigenvalue weighted by Gasteiger charge is 2.25. The number of hydrogen-bond donors (Lipinski definition) is 1. The molecule has 1 atom stereocenters. The molecule has 25 heavy (non-hydrogen) atoms. The van der Waals surface area contributed by atoms with Gasteiger partial charge in [0, 0.05) is 40.0 Å². The van der Waals surface area contributed by atoms with Gasteiger partial charge in [-0.1, -0.05) is 6.07 Å². The van der Waals surface area contributed by atoms with E-state index < -0.39 is 0 Å². The quantitative estimate of drug-likeness (QED) is 0.727. The van der Waals surface area contributed by atoms with Crippen molar-refractivity contribution in [3.05, 3.63) is 68.8 Å². The van der Waals surface area contributed by atoms with E-state index in [0.717, 1.165) is 40.9 Å². The minimum absolute atomic E-state index is 0.271. The van der Waals surface area contributed by atoms with Crippen LogP contribution >= 0.6 is 0 Å². The van der Waals surface area contributed by atoms with Gasteiger partial charge >= 0.3 is 5.63 Å². The molecule has 3 aromatic rings. The van der Waals surface area contributed by atoms with E-state index in [9.17, 15) is 4.79 Å². The Morgan fingerprint density at radius 2 is 2.04 bits per heavy atom. The van der Waals surface area contributed by atoms with Crippen LogP contribution in [0.25, 0.3) is 11.0 Å². The maximum absolute atomic E-state index is 12.0. The van der Waals surface area contributed by atoms with Crippen molar-refractivity contribution in [1.82, 2.24) is 4.98 Å². The number of ether oxygens (including phenoxy) is 1. The first-order chi connectivity index (χ1) is 12.0. The number of nitrogens with one attached hydrogen (secondary N) is 1. The summed E-state index contributed by atoms with van der Waals surface area (Å²) in [5.74, 6) is 0.855. The molecule has 1 aliphatic heterocycles. The van der Waals surface area contributed by atoms with Gasteiger partial charge in [0.25, 0.3) is 0 Å². The van der Waals surface area contributed by atoms with Crippen molar-refractivity contribution < 1.29 is 14.1 Å². The molecule has 0 spiro atoms. The molecule has 0 aliphatic carbocycles. The summed E-state index contributed by atoms with van der Waals surface area (Å²) < 4.78 is 11.6. The molecule has 0 amide bonds. The molecular weight excluding hydrogens is 316 g/mol. The van der Waals surface area contributed by atoms with Crippen molar-refractivity contribution in [2.75, 3.05) is 6.73 Å².